The molecule has 3 aliphatic heterocycles. The molecular formula is C27H38N2O4. The Morgan fingerprint density at radius 2 is 2.09 bits per heavy atom. The number of fused-ring (bicyclic) bond motifs is 3. The molecule has 5 fully saturated rings. The Bertz CT molecular complexity index is 917. The number of piperazine rings is 1. The first-order valence-corrected chi connectivity index (χ1v) is 12.9. The van der Waals surface area contributed by atoms with E-state index in [1.807, 2.05) is 6.07 Å². The van der Waals surface area contributed by atoms with E-state index in [0.29, 0.717) is 17.9 Å². The molecule has 6 heteroatoms. The maximum atomic E-state index is 13.0. The second-order valence-electron chi connectivity index (χ2n) is 11.6. The van der Waals surface area contributed by atoms with Crippen molar-refractivity contribution in [3.63, 3.8) is 0 Å². The summed E-state index contributed by atoms with van der Waals surface area (Å²) in [6.07, 6.45) is 5.92. The summed E-state index contributed by atoms with van der Waals surface area (Å²) in [4.78, 5) is 18.0. The minimum Gasteiger partial charge on any atom is -0.497 e. The molecule has 2 aliphatic carbocycles. The Morgan fingerprint density at radius 1 is 1.24 bits per heavy atom. The maximum Gasteiger partial charge on any atom is 0.310 e. The first kappa shape index (κ1) is 21.7. The number of rotatable bonds is 4. The first-order chi connectivity index (χ1) is 15.9. The molecule has 7 atom stereocenters. The van der Waals surface area contributed by atoms with Crippen LogP contribution in [0.3, 0.4) is 0 Å². The summed E-state index contributed by atoms with van der Waals surface area (Å²) in [5, 5.41) is 0. The van der Waals surface area contributed by atoms with E-state index in [-0.39, 0.29) is 29.0 Å². The standard InChI is InChI=1S/C27H38N2O4/c1-18-15-28(10-11-29(18)19-6-4-7-20(12-19)31-3)16-22-21-13-24-26(2,14-23(21)33-25(22)30)8-5-9-27(24)17-32-27/h4,6-7,12,18,21-24H,5,8-11,13-17H2,1-3H3. The Labute approximate surface area is 197 Å². The molecule has 1 spiro atoms. The zero-order valence-electron chi connectivity index (χ0n) is 20.3. The Hall–Kier alpha value is -1.79. The summed E-state index contributed by atoms with van der Waals surface area (Å²) in [5.74, 6) is 1.88. The Balaban J connectivity index is 1.13. The number of carbonyl (C=O) groups excluding carboxylic acids is 1. The van der Waals surface area contributed by atoms with E-state index < -0.39 is 0 Å². The number of epoxide rings is 1. The number of hydrogen-bond acceptors (Lipinski definition) is 6. The van der Waals surface area contributed by atoms with Crippen LogP contribution in [-0.2, 0) is 14.3 Å². The average Bonchev–Trinajstić information content (AvgIpc) is 3.50. The Kier molecular flexibility index (Phi) is 5.18. The van der Waals surface area contributed by atoms with Crippen LogP contribution in [0.2, 0.25) is 0 Å². The molecule has 1 aromatic carbocycles. The summed E-state index contributed by atoms with van der Waals surface area (Å²) >= 11 is 0. The van der Waals surface area contributed by atoms with Gasteiger partial charge in [0, 0.05) is 49.9 Å². The third-order valence-corrected chi connectivity index (χ3v) is 9.63. The van der Waals surface area contributed by atoms with Crippen molar-refractivity contribution < 1.29 is 19.0 Å². The molecule has 0 bridgehead atoms. The predicted octanol–water partition coefficient (Wildman–Crippen LogP) is 3.73. The smallest absolute Gasteiger partial charge is 0.310 e. The third-order valence-electron chi connectivity index (χ3n) is 9.63. The Morgan fingerprint density at radius 3 is 2.85 bits per heavy atom. The van der Waals surface area contributed by atoms with Gasteiger partial charge in [-0.2, -0.15) is 0 Å². The molecule has 7 unspecified atom stereocenters. The zero-order valence-corrected chi connectivity index (χ0v) is 20.3. The van der Waals surface area contributed by atoms with Crippen LogP contribution < -0.4 is 9.64 Å². The van der Waals surface area contributed by atoms with Gasteiger partial charge in [0.15, 0.2) is 0 Å². The van der Waals surface area contributed by atoms with Crippen molar-refractivity contribution in [2.24, 2.45) is 23.2 Å². The van der Waals surface area contributed by atoms with Crippen molar-refractivity contribution in [3.05, 3.63) is 24.3 Å². The van der Waals surface area contributed by atoms with Gasteiger partial charge >= 0.3 is 5.97 Å². The van der Waals surface area contributed by atoms with Crippen LogP contribution in [0.15, 0.2) is 24.3 Å². The predicted molar refractivity (Wildman–Crippen MR) is 126 cm³/mol. The second kappa shape index (κ2) is 7.88. The molecule has 0 amide bonds. The van der Waals surface area contributed by atoms with Crippen molar-refractivity contribution in [2.45, 2.75) is 63.7 Å². The summed E-state index contributed by atoms with van der Waals surface area (Å²) in [5.41, 5.74) is 1.59. The highest BCUT2D eigenvalue weighted by Gasteiger charge is 2.65. The SMILES string of the molecule is COc1cccc(N2CCN(CC3C(=O)OC4CC5(C)CCCC6(CO6)C5CC43)CC2C)c1. The highest BCUT2D eigenvalue weighted by atomic mass is 16.6. The fraction of sp³-hybridized carbons (Fsp3) is 0.741. The number of carbonyl (C=O) groups is 1. The average molecular weight is 455 g/mol. The zero-order chi connectivity index (χ0) is 22.8. The van der Waals surface area contributed by atoms with E-state index in [1.165, 1.54) is 24.9 Å². The number of ether oxygens (including phenoxy) is 3. The van der Waals surface area contributed by atoms with Gasteiger partial charge in [-0.05, 0) is 62.5 Å². The quantitative estimate of drug-likeness (QED) is 0.510. The minimum absolute atomic E-state index is 0.00726. The van der Waals surface area contributed by atoms with Crippen LogP contribution in [0.5, 0.6) is 5.75 Å². The van der Waals surface area contributed by atoms with Crippen molar-refractivity contribution in [1.29, 1.82) is 0 Å². The number of benzene rings is 1. The van der Waals surface area contributed by atoms with E-state index in [4.69, 9.17) is 14.2 Å². The van der Waals surface area contributed by atoms with Gasteiger partial charge in [-0.3, -0.25) is 9.69 Å². The van der Waals surface area contributed by atoms with Gasteiger partial charge in [0.2, 0.25) is 0 Å². The summed E-state index contributed by atoms with van der Waals surface area (Å²) in [6, 6.07) is 8.71. The molecule has 6 nitrogen and oxygen atoms in total. The van der Waals surface area contributed by atoms with Crippen LogP contribution >= 0.6 is 0 Å². The molecule has 33 heavy (non-hydrogen) atoms. The molecule has 6 rings (SSSR count). The van der Waals surface area contributed by atoms with E-state index in [1.54, 1.807) is 7.11 Å². The monoisotopic (exact) mass is 454 g/mol. The lowest BCUT2D eigenvalue weighted by Gasteiger charge is -2.51. The van der Waals surface area contributed by atoms with Gasteiger partial charge in [0.25, 0.3) is 0 Å². The van der Waals surface area contributed by atoms with E-state index in [0.717, 1.165) is 51.4 Å². The highest BCUT2D eigenvalue weighted by molar-refractivity contribution is 5.75. The van der Waals surface area contributed by atoms with Crippen LogP contribution in [0, 0.1) is 23.2 Å². The lowest BCUT2D eigenvalue weighted by molar-refractivity contribution is -0.147. The number of methoxy groups -OCH3 is 1. The third kappa shape index (κ3) is 3.65. The van der Waals surface area contributed by atoms with E-state index in [9.17, 15) is 4.79 Å². The number of anilines is 1. The van der Waals surface area contributed by atoms with Gasteiger partial charge in [0.1, 0.15) is 11.9 Å². The molecule has 5 aliphatic rings. The molecule has 0 aromatic heterocycles. The fourth-order valence-electron chi connectivity index (χ4n) is 7.82. The molecule has 0 radical (unpaired) electrons. The van der Waals surface area contributed by atoms with Gasteiger partial charge in [-0.1, -0.05) is 13.0 Å². The van der Waals surface area contributed by atoms with Gasteiger partial charge in [-0.25, -0.2) is 0 Å². The van der Waals surface area contributed by atoms with Gasteiger partial charge in [-0.15, -0.1) is 0 Å². The minimum atomic E-state index is 0.00726. The molecule has 2 saturated carbocycles. The van der Waals surface area contributed by atoms with Crippen LogP contribution in [0.1, 0.15) is 46.0 Å². The lowest BCUT2D eigenvalue weighted by atomic mass is 9.53. The summed E-state index contributed by atoms with van der Waals surface area (Å²) < 4.78 is 17.5. The molecule has 180 valence electrons. The topological polar surface area (TPSA) is 54.5 Å². The van der Waals surface area contributed by atoms with Crippen LogP contribution in [0.25, 0.3) is 0 Å². The maximum absolute atomic E-state index is 13.0. The summed E-state index contributed by atoms with van der Waals surface area (Å²) in [7, 11) is 1.72. The van der Waals surface area contributed by atoms with Gasteiger partial charge < -0.3 is 19.1 Å². The molecular weight excluding hydrogens is 416 g/mol. The van der Waals surface area contributed by atoms with Crippen LogP contribution in [0.4, 0.5) is 5.69 Å². The van der Waals surface area contributed by atoms with Crippen molar-refractivity contribution >= 4 is 11.7 Å². The van der Waals surface area contributed by atoms with Gasteiger partial charge in [0.05, 0.1) is 25.2 Å². The highest BCUT2D eigenvalue weighted by Crippen LogP contribution is 2.62. The van der Waals surface area contributed by atoms with E-state index >= 15 is 0 Å². The largest absolute Gasteiger partial charge is 0.497 e. The van der Waals surface area contributed by atoms with Crippen molar-refractivity contribution in [3.8, 4) is 5.75 Å². The lowest BCUT2D eigenvalue weighted by Crippen LogP contribution is -2.54. The molecule has 0 N–H and O–H groups in total. The molecule has 3 saturated heterocycles. The number of nitrogens with zero attached hydrogens (tertiary/aromatic N) is 2. The number of hydrogen-bond donors (Lipinski definition) is 0. The summed E-state index contributed by atoms with van der Waals surface area (Å²) in [6.45, 7) is 9.35. The van der Waals surface area contributed by atoms with Crippen molar-refractivity contribution in [1.82, 2.24) is 4.90 Å². The fourth-order valence-corrected chi connectivity index (χ4v) is 7.82. The number of esters is 1. The van der Waals surface area contributed by atoms with Crippen molar-refractivity contribution in [2.75, 3.05) is 44.8 Å². The normalized spacial score (nSPS) is 42.6. The van der Waals surface area contributed by atoms with E-state index in [2.05, 4.69) is 41.8 Å². The molecule has 1 aromatic rings. The first-order valence-electron chi connectivity index (χ1n) is 12.9. The van der Waals surface area contributed by atoms with Crippen LogP contribution in [-0.4, -0.2) is 68.5 Å². The second-order valence-corrected chi connectivity index (χ2v) is 11.6. The molecule has 3 heterocycles.